The number of allylic oxidation sites excluding steroid dienone is 1. The van der Waals surface area contributed by atoms with Crippen LogP contribution >= 0.6 is 0 Å². The van der Waals surface area contributed by atoms with Gasteiger partial charge >= 0.3 is 5.97 Å². The summed E-state index contributed by atoms with van der Waals surface area (Å²) in [5, 5.41) is 0. The van der Waals surface area contributed by atoms with Gasteiger partial charge in [0.1, 0.15) is 11.6 Å². The predicted octanol–water partition coefficient (Wildman–Crippen LogP) is 3.42. The maximum absolute atomic E-state index is 14.2. The van der Waals surface area contributed by atoms with E-state index in [9.17, 15) is 13.6 Å². The molecule has 1 aromatic rings. The molecule has 0 N–H and O–H groups in total. The number of rotatable bonds is 3. The van der Waals surface area contributed by atoms with Crippen molar-refractivity contribution in [2.24, 2.45) is 0 Å². The predicted molar refractivity (Wildman–Crippen MR) is 71.2 cm³/mol. The molecule has 5 heteroatoms. The van der Waals surface area contributed by atoms with Crippen molar-refractivity contribution >= 4 is 5.97 Å². The van der Waals surface area contributed by atoms with Crippen molar-refractivity contribution in [2.75, 3.05) is 13.7 Å². The Bertz CT molecular complexity index is 557. The first-order valence-corrected chi connectivity index (χ1v) is 6.45. The van der Waals surface area contributed by atoms with E-state index >= 15 is 0 Å². The van der Waals surface area contributed by atoms with Crippen LogP contribution in [0.2, 0.25) is 0 Å². The van der Waals surface area contributed by atoms with Crippen LogP contribution in [-0.2, 0) is 4.74 Å². The second-order valence-electron chi connectivity index (χ2n) is 4.93. The van der Waals surface area contributed by atoms with Gasteiger partial charge in [-0.1, -0.05) is 6.58 Å². The van der Waals surface area contributed by atoms with E-state index < -0.39 is 17.6 Å². The van der Waals surface area contributed by atoms with E-state index in [1.807, 2.05) is 11.8 Å². The van der Waals surface area contributed by atoms with Crippen LogP contribution in [0.3, 0.4) is 0 Å². The highest BCUT2D eigenvalue weighted by Gasteiger charge is 2.29. The lowest BCUT2D eigenvalue weighted by Gasteiger charge is -2.27. The lowest BCUT2D eigenvalue weighted by atomic mass is 10.0. The van der Waals surface area contributed by atoms with Crippen LogP contribution in [0.15, 0.2) is 24.4 Å². The first-order valence-electron chi connectivity index (χ1n) is 6.45. The molecule has 1 aliphatic rings. The average molecular weight is 281 g/mol. The van der Waals surface area contributed by atoms with Gasteiger partial charge in [-0.05, 0) is 31.9 Å². The van der Waals surface area contributed by atoms with Crippen molar-refractivity contribution in [1.29, 1.82) is 0 Å². The third-order valence-corrected chi connectivity index (χ3v) is 3.59. The second kappa shape index (κ2) is 5.61. The number of carbonyl (C=O) groups is 1. The molecule has 1 aliphatic heterocycles. The van der Waals surface area contributed by atoms with Crippen molar-refractivity contribution in [2.45, 2.75) is 25.8 Å². The molecule has 2 rings (SSSR count). The molecule has 0 spiro atoms. The number of hydrogen-bond acceptors (Lipinski definition) is 3. The van der Waals surface area contributed by atoms with Crippen LogP contribution in [0.4, 0.5) is 8.78 Å². The fourth-order valence-electron chi connectivity index (χ4n) is 2.63. The number of nitrogens with zero attached hydrogens (tertiary/aromatic N) is 1. The zero-order valence-electron chi connectivity index (χ0n) is 11.6. The fourth-order valence-corrected chi connectivity index (χ4v) is 2.63. The number of esters is 1. The number of likely N-dealkylation sites (tertiary alicyclic amines) is 1. The minimum absolute atomic E-state index is 0.228. The van der Waals surface area contributed by atoms with E-state index in [0.29, 0.717) is 0 Å². The highest BCUT2D eigenvalue weighted by Crippen LogP contribution is 2.36. The molecule has 1 fully saturated rings. The number of ether oxygens (including phenoxy) is 1. The highest BCUT2D eigenvalue weighted by molar-refractivity contribution is 5.89. The van der Waals surface area contributed by atoms with Gasteiger partial charge < -0.3 is 9.64 Å². The summed E-state index contributed by atoms with van der Waals surface area (Å²) in [7, 11) is 1.13. The van der Waals surface area contributed by atoms with Crippen molar-refractivity contribution in [3.8, 4) is 0 Å². The molecule has 0 aromatic heterocycles. The molecule has 1 heterocycles. The zero-order chi connectivity index (χ0) is 14.9. The summed E-state index contributed by atoms with van der Waals surface area (Å²) >= 11 is 0. The van der Waals surface area contributed by atoms with E-state index in [2.05, 4.69) is 11.3 Å². The topological polar surface area (TPSA) is 29.5 Å². The van der Waals surface area contributed by atoms with Crippen LogP contribution in [0.1, 0.15) is 41.7 Å². The van der Waals surface area contributed by atoms with E-state index in [1.165, 1.54) is 0 Å². The van der Waals surface area contributed by atoms with Crippen LogP contribution in [0.25, 0.3) is 0 Å². The number of hydrogen-bond donors (Lipinski definition) is 0. The average Bonchev–Trinajstić information content (AvgIpc) is 2.89. The molecular weight excluding hydrogens is 264 g/mol. The van der Waals surface area contributed by atoms with Gasteiger partial charge in [-0.2, -0.15) is 0 Å². The van der Waals surface area contributed by atoms with Gasteiger partial charge in [0, 0.05) is 17.8 Å². The molecule has 0 saturated carbocycles. The van der Waals surface area contributed by atoms with Crippen LogP contribution in [0.5, 0.6) is 0 Å². The van der Waals surface area contributed by atoms with Crippen molar-refractivity contribution < 1.29 is 18.3 Å². The summed E-state index contributed by atoms with van der Waals surface area (Å²) in [6.07, 6.45) is 1.64. The van der Waals surface area contributed by atoms with Crippen molar-refractivity contribution in [1.82, 2.24) is 4.90 Å². The largest absolute Gasteiger partial charge is 0.465 e. The molecule has 1 aromatic carbocycles. The number of methoxy groups -OCH3 is 1. The first-order chi connectivity index (χ1) is 9.45. The molecule has 0 amide bonds. The highest BCUT2D eigenvalue weighted by atomic mass is 19.1. The van der Waals surface area contributed by atoms with Gasteiger partial charge in [0.25, 0.3) is 0 Å². The van der Waals surface area contributed by atoms with Gasteiger partial charge in [0.15, 0.2) is 0 Å². The maximum Gasteiger partial charge on any atom is 0.340 e. The molecule has 3 nitrogen and oxygen atoms in total. The molecule has 1 unspecified atom stereocenters. The summed E-state index contributed by atoms with van der Waals surface area (Å²) in [5.41, 5.74) is 0.702. The monoisotopic (exact) mass is 281 g/mol. The Hall–Kier alpha value is -1.91. The van der Waals surface area contributed by atoms with E-state index in [1.54, 1.807) is 0 Å². The minimum Gasteiger partial charge on any atom is -0.465 e. The quantitative estimate of drug-likeness (QED) is 0.795. The molecule has 108 valence electrons. The molecule has 0 bridgehead atoms. The first kappa shape index (κ1) is 14.5. The summed E-state index contributed by atoms with van der Waals surface area (Å²) < 4.78 is 32.6. The van der Waals surface area contributed by atoms with Gasteiger partial charge in [0.05, 0.1) is 18.7 Å². The third kappa shape index (κ3) is 2.53. The lowest BCUT2D eigenvalue weighted by molar-refractivity contribution is 0.0594. The second-order valence-corrected chi connectivity index (χ2v) is 4.93. The Balaban J connectivity index is 2.41. The summed E-state index contributed by atoms with van der Waals surface area (Å²) in [5.74, 6) is -2.23. The number of halogens is 2. The fraction of sp³-hybridized carbons (Fsp3) is 0.400. The Morgan fingerprint density at radius 3 is 2.70 bits per heavy atom. The Kier molecular flexibility index (Phi) is 4.06. The van der Waals surface area contributed by atoms with E-state index in [4.69, 9.17) is 0 Å². The van der Waals surface area contributed by atoms with Crippen molar-refractivity contribution in [3.63, 3.8) is 0 Å². The Labute approximate surface area is 116 Å². The molecule has 0 radical (unpaired) electrons. The van der Waals surface area contributed by atoms with Crippen LogP contribution in [-0.4, -0.2) is 24.5 Å². The maximum atomic E-state index is 14.2. The number of carbonyl (C=O) groups excluding carboxylic acids is 1. The number of benzene rings is 1. The molecule has 1 atom stereocenters. The Morgan fingerprint density at radius 1 is 1.40 bits per heavy atom. The minimum atomic E-state index is -0.879. The molecule has 20 heavy (non-hydrogen) atoms. The van der Waals surface area contributed by atoms with E-state index in [-0.39, 0.29) is 17.2 Å². The van der Waals surface area contributed by atoms with Crippen molar-refractivity contribution in [3.05, 3.63) is 47.2 Å². The molecule has 1 saturated heterocycles. The normalized spacial score (nSPS) is 18.2. The standard InChI is InChI=1S/C15H17F2NO2/c1-9(2)18-6-4-5-14(18)10-7-13(17)11(8-12(10)16)15(19)20-3/h7-8,14H,1,4-6H2,2-3H3. The molecular formula is C15H17F2NO2. The molecule has 0 aliphatic carbocycles. The zero-order valence-corrected chi connectivity index (χ0v) is 11.6. The third-order valence-electron chi connectivity index (χ3n) is 3.59. The van der Waals surface area contributed by atoms with Gasteiger partial charge in [0.2, 0.25) is 0 Å². The summed E-state index contributed by atoms with van der Waals surface area (Å²) in [6.45, 7) is 6.48. The Morgan fingerprint density at radius 2 is 2.10 bits per heavy atom. The smallest absolute Gasteiger partial charge is 0.340 e. The van der Waals surface area contributed by atoms with Crippen LogP contribution in [0, 0.1) is 11.6 Å². The van der Waals surface area contributed by atoms with Gasteiger partial charge in [-0.25, -0.2) is 13.6 Å². The summed E-state index contributed by atoms with van der Waals surface area (Å²) in [6, 6.07) is 1.77. The van der Waals surface area contributed by atoms with Crippen LogP contribution < -0.4 is 0 Å². The SMILES string of the molecule is C=C(C)N1CCCC1c1cc(F)c(C(=O)OC)cc1F. The van der Waals surface area contributed by atoms with Gasteiger partial charge in [-0.3, -0.25) is 0 Å². The summed E-state index contributed by atoms with van der Waals surface area (Å²) in [4.78, 5) is 13.3. The van der Waals surface area contributed by atoms with Gasteiger partial charge in [-0.15, -0.1) is 0 Å². The van der Waals surface area contributed by atoms with E-state index in [0.717, 1.165) is 44.3 Å². The lowest BCUT2D eigenvalue weighted by Crippen LogP contribution is -2.22.